The van der Waals surface area contributed by atoms with Crippen molar-refractivity contribution in [3.8, 4) is 0 Å². The van der Waals surface area contributed by atoms with Gasteiger partial charge in [0.05, 0.1) is 6.54 Å². The Balaban J connectivity index is 1.62. The lowest BCUT2D eigenvalue weighted by atomic mass is 10.1. The SMILES string of the molecule is O=C(CNCC1CCC(F)(F)C1)N1CCCCC1. The number of likely N-dealkylation sites (tertiary alicyclic amines) is 1. The minimum absolute atomic E-state index is 0.000577. The summed E-state index contributed by atoms with van der Waals surface area (Å²) in [5.41, 5.74) is 0. The van der Waals surface area contributed by atoms with E-state index in [1.54, 1.807) is 0 Å². The predicted octanol–water partition coefficient (Wildman–Crippen LogP) is 2.02. The van der Waals surface area contributed by atoms with Crippen LogP contribution in [0.3, 0.4) is 0 Å². The van der Waals surface area contributed by atoms with Gasteiger partial charge in [0, 0.05) is 25.9 Å². The van der Waals surface area contributed by atoms with Gasteiger partial charge in [-0.3, -0.25) is 4.79 Å². The van der Waals surface area contributed by atoms with Gasteiger partial charge in [-0.05, 0) is 38.1 Å². The summed E-state index contributed by atoms with van der Waals surface area (Å²) >= 11 is 0. The molecule has 1 aliphatic carbocycles. The molecule has 2 rings (SSSR count). The van der Waals surface area contributed by atoms with Gasteiger partial charge in [0.15, 0.2) is 0 Å². The number of carbonyl (C=O) groups is 1. The minimum Gasteiger partial charge on any atom is -0.342 e. The molecule has 0 aromatic heterocycles. The first-order valence-electron chi connectivity index (χ1n) is 6.93. The molecule has 5 heteroatoms. The summed E-state index contributed by atoms with van der Waals surface area (Å²) in [6.45, 7) is 2.53. The Kier molecular flexibility index (Phi) is 4.54. The van der Waals surface area contributed by atoms with E-state index >= 15 is 0 Å². The van der Waals surface area contributed by atoms with Crippen molar-refractivity contribution in [3.63, 3.8) is 0 Å². The average molecular weight is 260 g/mol. The average Bonchev–Trinajstić information content (AvgIpc) is 2.70. The molecule has 1 amide bonds. The topological polar surface area (TPSA) is 32.3 Å². The van der Waals surface area contributed by atoms with Gasteiger partial charge in [-0.25, -0.2) is 8.78 Å². The first-order chi connectivity index (χ1) is 8.57. The standard InChI is InChI=1S/C13H22F2N2O/c14-13(15)5-4-11(8-13)9-16-10-12(18)17-6-2-1-3-7-17/h11,16H,1-10H2. The number of nitrogens with one attached hydrogen (secondary N) is 1. The van der Waals surface area contributed by atoms with Crippen LogP contribution in [0, 0.1) is 5.92 Å². The van der Waals surface area contributed by atoms with Crippen molar-refractivity contribution in [1.82, 2.24) is 10.2 Å². The van der Waals surface area contributed by atoms with Crippen LogP contribution in [0.1, 0.15) is 38.5 Å². The molecule has 1 N–H and O–H groups in total. The lowest BCUT2D eigenvalue weighted by molar-refractivity contribution is -0.131. The van der Waals surface area contributed by atoms with Crippen molar-refractivity contribution in [3.05, 3.63) is 0 Å². The van der Waals surface area contributed by atoms with Crippen molar-refractivity contribution in [2.75, 3.05) is 26.2 Å². The highest BCUT2D eigenvalue weighted by Crippen LogP contribution is 2.38. The Labute approximate surface area is 107 Å². The van der Waals surface area contributed by atoms with Gasteiger partial charge < -0.3 is 10.2 Å². The molecule has 1 unspecified atom stereocenters. The highest BCUT2D eigenvalue weighted by Gasteiger charge is 2.38. The fourth-order valence-corrected chi connectivity index (χ4v) is 2.85. The van der Waals surface area contributed by atoms with Gasteiger partial charge in [0.2, 0.25) is 11.8 Å². The van der Waals surface area contributed by atoms with E-state index in [1.165, 1.54) is 6.42 Å². The van der Waals surface area contributed by atoms with Crippen molar-refractivity contribution in [2.24, 2.45) is 5.92 Å². The second-order valence-corrected chi connectivity index (χ2v) is 5.54. The van der Waals surface area contributed by atoms with Crippen LogP contribution < -0.4 is 5.32 Å². The minimum atomic E-state index is -2.48. The quantitative estimate of drug-likeness (QED) is 0.838. The number of rotatable bonds is 4. The van der Waals surface area contributed by atoms with Crippen LogP contribution in [0.15, 0.2) is 0 Å². The summed E-state index contributed by atoms with van der Waals surface area (Å²) in [6.07, 6.45) is 3.91. The van der Waals surface area contributed by atoms with E-state index in [-0.39, 0.29) is 24.7 Å². The number of hydrogen-bond donors (Lipinski definition) is 1. The first-order valence-corrected chi connectivity index (χ1v) is 6.93. The van der Waals surface area contributed by atoms with Crippen molar-refractivity contribution in [2.45, 2.75) is 44.4 Å². The number of halogens is 2. The summed E-state index contributed by atoms with van der Waals surface area (Å²) in [4.78, 5) is 13.7. The second-order valence-electron chi connectivity index (χ2n) is 5.54. The maximum Gasteiger partial charge on any atom is 0.248 e. The van der Waals surface area contributed by atoms with E-state index in [9.17, 15) is 13.6 Å². The van der Waals surface area contributed by atoms with Crippen molar-refractivity contribution >= 4 is 5.91 Å². The number of piperidine rings is 1. The third kappa shape index (κ3) is 3.90. The Morgan fingerprint density at radius 1 is 1.28 bits per heavy atom. The molecule has 0 aromatic rings. The van der Waals surface area contributed by atoms with Crippen molar-refractivity contribution in [1.29, 1.82) is 0 Å². The third-order valence-corrected chi connectivity index (χ3v) is 3.92. The number of hydrogen-bond acceptors (Lipinski definition) is 2. The molecule has 1 aliphatic heterocycles. The third-order valence-electron chi connectivity index (χ3n) is 3.92. The van der Waals surface area contributed by atoms with Crippen LogP contribution >= 0.6 is 0 Å². The zero-order valence-electron chi connectivity index (χ0n) is 10.8. The summed E-state index contributed by atoms with van der Waals surface area (Å²) in [5.74, 6) is -2.35. The van der Waals surface area contributed by atoms with Crippen LogP contribution in [0.25, 0.3) is 0 Å². The molecule has 0 radical (unpaired) electrons. The molecule has 1 atom stereocenters. The molecule has 2 aliphatic rings. The van der Waals surface area contributed by atoms with E-state index in [0.717, 1.165) is 25.9 Å². The molecular weight excluding hydrogens is 238 g/mol. The molecule has 18 heavy (non-hydrogen) atoms. The van der Waals surface area contributed by atoms with E-state index < -0.39 is 5.92 Å². The van der Waals surface area contributed by atoms with E-state index in [2.05, 4.69) is 5.32 Å². The van der Waals surface area contributed by atoms with Crippen LogP contribution in [-0.4, -0.2) is 42.9 Å². The molecule has 0 spiro atoms. The fourth-order valence-electron chi connectivity index (χ4n) is 2.85. The predicted molar refractivity (Wildman–Crippen MR) is 65.6 cm³/mol. The Hall–Kier alpha value is -0.710. The largest absolute Gasteiger partial charge is 0.342 e. The number of carbonyl (C=O) groups excluding carboxylic acids is 1. The first kappa shape index (κ1) is 13.7. The zero-order chi connectivity index (χ0) is 13.0. The van der Waals surface area contributed by atoms with Crippen LogP contribution in [-0.2, 0) is 4.79 Å². The monoisotopic (exact) mass is 260 g/mol. The molecule has 1 saturated heterocycles. The normalized spacial score (nSPS) is 27.4. The lowest BCUT2D eigenvalue weighted by Gasteiger charge is -2.27. The van der Waals surface area contributed by atoms with E-state index in [1.807, 2.05) is 4.90 Å². The van der Waals surface area contributed by atoms with Crippen LogP contribution in [0.2, 0.25) is 0 Å². The maximum atomic E-state index is 13.0. The smallest absolute Gasteiger partial charge is 0.248 e. The van der Waals surface area contributed by atoms with Gasteiger partial charge in [-0.15, -0.1) is 0 Å². The van der Waals surface area contributed by atoms with Crippen LogP contribution in [0.4, 0.5) is 8.78 Å². The highest BCUT2D eigenvalue weighted by molar-refractivity contribution is 5.78. The summed E-state index contributed by atoms with van der Waals surface area (Å²) in [7, 11) is 0. The highest BCUT2D eigenvalue weighted by atomic mass is 19.3. The van der Waals surface area contributed by atoms with Gasteiger partial charge in [-0.1, -0.05) is 0 Å². The summed E-state index contributed by atoms with van der Waals surface area (Å²) in [6, 6.07) is 0. The molecular formula is C13H22F2N2O. The Morgan fingerprint density at radius 2 is 2.00 bits per heavy atom. The van der Waals surface area contributed by atoms with Crippen LogP contribution in [0.5, 0.6) is 0 Å². The number of nitrogens with zero attached hydrogens (tertiary/aromatic N) is 1. The molecule has 0 bridgehead atoms. The zero-order valence-corrected chi connectivity index (χ0v) is 10.8. The van der Waals surface area contributed by atoms with E-state index in [4.69, 9.17) is 0 Å². The van der Waals surface area contributed by atoms with Crippen molar-refractivity contribution < 1.29 is 13.6 Å². The summed E-state index contributed by atoms with van der Waals surface area (Å²) in [5, 5.41) is 3.04. The van der Waals surface area contributed by atoms with Gasteiger partial charge in [0.1, 0.15) is 0 Å². The van der Waals surface area contributed by atoms with Gasteiger partial charge in [0.25, 0.3) is 0 Å². The maximum absolute atomic E-state index is 13.0. The number of alkyl halides is 2. The van der Waals surface area contributed by atoms with Gasteiger partial charge >= 0.3 is 0 Å². The van der Waals surface area contributed by atoms with E-state index in [0.29, 0.717) is 19.5 Å². The second kappa shape index (κ2) is 5.95. The molecule has 104 valence electrons. The molecule has 1 saturated carbocycles. The molecule has 2 fully saturated rings. The molecule has 3 nitrogen and oxygen atoms in total. The molecule has 0 aromatic carbocycles. The Bertz CT molecular complexity index is 291. The lowest BCUT2D eigenvalue weighted by Crippen LogP contribution is -2.42. The Morgan fingerprint density at radius 3 is 2.61 bits per heavy atom. The fraction of sp³-hybridized carbons (Fsp3) is 0.923. The van der Waals surface area contributed by atoms with Gasteiger partial charge in [-0.2, -0.15) is 0 Å². The summed E-state index contributed by atoms with van der Waals surface area (Å²) < 4.78 is 25.9. The molecule has 1 heterocycles. The number of amides is 1.